The van der Waals surface area contributed by atoms with Gasteiger partial charge in [-0.15, -0.1) is 11.3 Å². The first-order valence-corrected chi connectivity index (χ1v) is 7.26. The number of aromatic nitrogens is 3. The standard InChI is InChI=1S/C13H18N4S/c1-9(2)17-8-14-7-12(17)13-16-6-11(18-13)5-15-10-3-4-10/h6-10,15H,3-5H2,1-2H3. The lowest BCUT2D eigenvalue weighted by Crippen LogP contribution is -2.14. The van der Waals surface area contributed by atoms with Crippen molar-refractivity contribution >= 4 is 11.3 Å². The summed E-state index contributed by atoms with van der Waals surface area (Å²) in [4.78, 5) is 10.0. The highest BCUT2D eigenvalue weighted by Crippen LogP contribution is 2.27. The van der Waals surface area contributed by atoms with Crippen LogP contribution in [0.15, 0.2) is 18.7 Å². The second-order valence-electron chi connectivity index (χ2n) is 5.07. The summed E-state index contributed by atoms with van der Waals surface area (Å²) in [6, 6.07) is 1.16. The first-order chi connectivity index (χ1) is 8.74. The normalized spacial score (nSPS) is 15.5. The third-order valence-corrected chi connectivity index (χ3v) is 4.16. The van der Waals surface area contributed by atoms with Gasteiger partial charge in [-0.1, -0.05) is 0 Å². The van der Waals surface area contributed by atoms with Gasteiger partial charge in [-0.25, -0.2) is 9.97 Å². The first-order valence-electron chi connectivity index (χ1n) is 6.44. The molecule has 1 aliphatic carbocycles. The van der Waals surface area contributed by atoms with Crippen LogP contribution in [-0.4, -0.2) is 20.6 Å². The van der Waals surface area contributed by atoms with Crippen LogP contribution in [0.25, 0.3) is 10.7 Å². The number of nitrogens with zero attached hydrogens (tertiary/aromatic N) is 3. The average molecular weight is 262 g/mol. The van der Waals surface area contributed by atoms with Gasteiger partial charge >= 0.3 is 0 Å². The van der Waals surface area contributed by atoms with E-state index in [9.17, 15) is 0 Å². The van der Waals surface area contributed by atoms with Crippen LogP contribution in [0, 0.1) is 0 Å². The van der Waals surface area contributed by atoms with Crippen LogP contribution in [0.1, 0.15) is 37.6 Å². The zero-order valence-electron chi connectivity index (χ0n) is 10.8. The van der Waals surface area contributed by atoms with Gasteiger partial charge in [0.15, 0.2) is 0 Å². The van der Waals surface area contributed by atoms with Crippen LogP contribution in [0.2, 0.25) is 0 Å². The molecular weight excluding hydrogens is 244 g/mol. The van der Waals surface area contributed by atoms with E-state index in [0.717, 1.165) is 23.3 Å². The Bertz CT molecular complexity index is 525. The number of nitrogens with one attached hydrogen (secondary N) is 1. The van der Waals surface area contributed by atoms with Crippen molar-refractivity contribution < 1.29 is 0 Å². The molecule has 18 heavy (non-hydrogen) atoms. The maximum Gasteiger partial charge on any atom is 0.141 e. The average Bonchev–Trinajstić information content (AvgIpc) is 2.88. The van der Waals surface area contributed by atoms with Crippen molar-refractivity contribution in [3.8, 4) is 10.7 Å². The predicted molar refractivity (Wildman–Crippen MR) is 73.6 cm³/mol. The minimum atomic E-state index is 0.416. The molecule has 3 rings (SSSR count). The maximum atomic E-state index is 4.52. The van der Waals surface area contributed by atoms with E-state index in [4.69, 9.17) is 0 Å². The predicted octanol–water partition coefficient (Wildman–Crippen LogP) is 2.84. The van der Waals surface area contributed by atoms with Crippen molar-refractivity contribution in [2.24, 2.45) is 0 Å². The SMILES string of the molecule is CC(C)n1cncc1-c1ncc(CNC2CC2)s1. The zero-order valence-corrected chi connectivity index (χ0v) is 11.6. The van der Waals surface area contributed by atoms with Crippen molar-refractivity contribution in [1.82, 2.24) is 19.9 Å². The van der Waals surface area contributed by atoms with Gasteiger partial charge in [0.05, 0.1) is 18.2 Å². The van der Waals surface area contributed by atoms with Gasteiger partial charge in [0, 0.05) is 29.7 Å². The van der Waals surface area contributed by atoms with Crippen LogP contribution in [0.3, 0.4) is 0 Å². The van der Waals surface area contributed by atoms with E-state index in [1.807, 2.05) is 18.7 Å². The van der Waals surface area contributed by atoms with E-state index in [1.54, 1.807) is 11.3 Å². The first kappa shape index (κ1) is 11.9. The van der Waals surface area contributed by atoms with Crippen molar-refractivity contribution in [2.75, 3.05) is 0 Å². The molecular formula is C13H18N4S. The quantitative estimate of drug-likeness (QED) is 0.901. The highest BCUT2D eigenvalue weighted by Gasteiger charge is 2.20. The van der Waals surface area contributed by atoms with Gasteiger partial charge in [0.2, 0.25) is 0 Å². The minimum absolute atomic E-state index is 0.416. The van der Waals surface area contributed by atoms with Crippen LogP contribution in [0.5, 0.6) is 0 Å². The summed E-state index contributed by atoms with van der Waals surface area (Å²) in [6.07, 6.45) is 8.41. The molecule has 4 nitrogen and oxygen atoms in total. The summed E-state index contributed by atoms with van der Waals surface area (Å²) in [7, 11) is 0. The van der Waals surface area contributed by atoms with E-state index in [1.165, 1.54) is 17.7 Å². The van der Waals surface area contributed by atoms with Gasteiger partial charge in [0.25, 0.3) is 0 Å². The van der Waals surface area contributed by atoms with Gasteiger partial charge in [-0.2, -0.15) is 0 Å². The Labute approximate surface area is 111 Å². The topological polar surface area (TPSA) is 42.7 Å². The van der Waals surface area contributed by atoms with Crippen LogP contribution >= 0.6 is 11.3 Å². The zero-order chi connectivity index (χ0) is 12.5. The fraction of sp³-hybridized carbons (Fsp3) is 0.538. The lowest BCUT2D eigenvalue weighted by Gasteiger charge is -2.09. The number of hydrogen-bond acceptors (Lipinski definition) is 4. The van der Waals surface area contributed by atoms with E-state index in [-0.39, 0.29) is 0 Å². The highest BCUT2D eigenvalue weighted by atomic mass is 32.1. The Kier molecular flexibility index (Phi) is 3.18. The monoisotopic (exact) mass is 262 g/mol. The summed E-state index contributed by atoms with van der Waals surface area (Å²) in [5.74, 6) is 0. The fourth-order valence-electron chi connectivity index (χ4n) is 1.92. The van der Waals surface area contributed by atoms with Crippen LogP contribution in [0.4, 0.5) is 0 Å². The van der Waals surface area contributed by atoms with E-state index in [0.29, 0.717) is 6.04 Å². The third-order valence-electron chi connectivity index (χ3n) is 3.14. The molecule has 0 aromatic carbocycles. The molecule has 0 amide bonds. The minimum Gasteiger partial charge on any atom is -0.326 e. The van der Waals surface area contributed by atoms with Crippen LogP contribution < -0.4 is 5.32 Å². The molecule has 0 saturated heterocycles. The number of thiazole rings is 1. The number of rotatable bonds is 5. The summed E-state index contributed by atoms with van der Waals surface area (Å²) in [5.41, 5.74) is 1.12. The van der Waals surface area contributed by atoms with Crippen molar-refractivity contribution in [1.29, 1.82) is 0 Å². The Hall–Kier alpha value is -1.20. The van der Waals surface area contributed by atoms with Crippen molar-refractivity contribution in [2.45, 2.75) is 45.3 Å². The molecule has 2 aromatic heterocycles. The smallest absolute Gasteiger partial charge is 0.141 e. The van der Waals surface area contributed by atoms with E-state index in [2.05, 4.69) is 33.7 Å². The third kappa shape index (κ3) is 2.47. The molecule has 0 aliphatic heterocycles. The Balaban J connectivity index is 1.76. The van der Waals surface area contributed by atoms with Crippen LogP contribution in [-0.2, 0) is 6.54 Å². The largest absolute Gasteiger partial charge is 0.326 e. The van der Waals surface area contributed by atoms with Crippen molar-refractivity contribution in [3.63, 3.8) is 0 Å². The molecule has 0 atom stereocenters. The molecule has 2 aromatic rings. The molecule has 5 heteroatoms. The van der Waals surface area contributed by atoms with Crippen molar-refractivity contribution in [3.05, 3.63) is 23.6 Å². The van der Waals surface area contributed by atoms with Gasteiger partial charge in [0.1, 0.15) is 5.01 Å². The molecule has 0 unspecified atom stereocenters. The molecule has 1 N–H and O–H groups in total. The fourth-order valence-corrected chi connectivity index (χ4v) is 2.80. The second kappa shape index (κ2) is 4.82. The Morgan fingerprint density at radius 1 is 1.44 bits per heavy atom. The molecule has 1 fully saturated rings. The number of imidazole rings is 1. The molecule has 1 saturated carbocycles. The van der Waals surface area contributed by atoms with E-state index < -0.39 is 0 Å². The molecule has 1 aliphatic rings. The molecule has 2 heterocycles. The van der Waals surface area contributed by atoms with Gasteiger partial charge < -0.3 is 9.88 Å². The molecule has 96 valence electrons. The molecule has 0 bridgehead atoms. The Morgan fingerprint density at radius 3 is 3.00 bits per heavy atom. The number of hydrogen-bond donors (Lipinski definition) is 1. The second-order valence-corrected chi connectivity index (χ2v) is 6.18. The molecule has 0 radical (unpaired) electrons. The summed E-state index contributed by atoms with van der Waals surface area (Å²) >= 11 is 1.76. The van der Waals surface area contributed by atoms with E-state index >= 15 is 0 Å². The van der Waals surface area contributed by atoms with Gasteiger partial charge in [-0.3, -0.25) is 0 Å². The molecule has 0 spiro atoms. The lowest BCUT2D eigenvalue weighted by atomic mass is 10.3. The summed E-state index contributed by atoms with van der Waals surface area (Å²) in [6.45, 7) is 5.26. The van der Waals surface area contributed by atoms with Gasteiger partial charge in [-0.05, 0) is 26.7 Å². The summed E-state index contributed by atoms with van der Waals surface area (Å²) in [5, 5.41) is 4.58. The maximum absolute atomic E-state index is 4.52. The lowest BCUT2D eigenvalue weighted by molar-refractivity contribution is 0.605. The Morgan fingerprint density at radius 2 is 2.28 bits per heavy atom. The summed E-state index contributed by atoms with van der Waals surface area (Å²) < 4.78 is 2.16. The highest BCUT2D eigenvalue weighted by molar-refractivity contribution is 7.15.